The second kappa shape index (κ2) is 3.03. The minimum Gasteiger partial charge on any atom is -0.481 e. The summed E-state index contributed by atoms with van der Waals surface area (Å²) in [6.45, 7) is 1.89. The van der Waals surface area contributed by atoms with E-state index in [2.05, 4.69) is 0 Å². The number of hydrogen-bond donors (Lipinski definition) is 1. The number of ketones is 1. The van der Waals surface area contributed by atoms with Crippen molar-refractivity contribution in [1.82, 2.24) is 0 Å². The molecule has 1 aliphatic rings. The number of carboxylic acids is 1. The van der Waals surface area contributed by atoms with Crippen LogP contribution < -0.4 is 0 Å². The molecule has 1 rings (SSSR count). The molecule has 0 amide bonds. The van der Waals surface area contributed by atoms with Crippen LogP contribution in [0.1, 0.15) is 26.2 Å². The number of aliphatic carboxylic acids is 1. The van der Waals surface area contributed by atoms with E-state index in [1.807, 2.05) is 6.92 Å². The minimum absolute atomic E-state index is 0.0931. The first-order valence-electron chi connectivity index (χ1n) is 3.85. The van der Waals surface area contributed by atoms with Gasteiger partial charge in [0, 0.05) is 12.8 Å². The molecule has 0 aromatic heterocycles. The van der Waals surface area contributed by atoms with E-state index in [1.165, 1.54) is 0 Å². The van der Waals surface area contributed by atoms with Crippen LogP contribution in [0.4, 0.5) is 0 Å². The summed E-state index contributed by atoms with van der Waals surface area (Å²) in [6, 6.07) is 0. The Morgan fingerprint density at radius 3 is 2.73 bits per heavy atom. The zero-order chi connectivity index (χ0) is 8.43. The molecule has 0 spiro atoms. The molecular formula is C8H12O3. The zero-order valence-electron chi connectivity index (χ0n) is 6.54. The maximum absolute atomic E-state index is 10.9. The second-order valence-electron chi connectivity index (χ2n) is 3.20. The summed E-state index contributed by atoms with van der Waals surface area (Å²) in [4.78, 5) is 21.4. The highest BCUT2D eigenvalue weighted by Gasteiger charge is 2.31. The fourth-order valence-corrected chi connectivity index (χ4v) is 1.47. The molecule has 11 heavy (non-hydrogen) atoms. The van der Waals surface area contributed by atoms with E-state index in [9.17, 15) is 9.59 Å². The van der Waals surface area contributed by atoms with Crippen molar-refractivity contribution in [3.05, 3.63) is 0 Å². The van der Waals surface area contributed by atoms with Crippen LogP contribution >= 0.6 is 0 Å². The first kappa shape index (κ1) is 8.24. The van der Waals surface area contributed by atoms with Gasteiger partial charge in [0.1, 0.15) is 5.78 Å². The van der Waals surface area contributed by atoms with E-state index in [0.29, 0.717) is 6.42 Å². The first-order chi connectivity index (χ1) is 5.11. The summed E-state index contributed by atoms with van der Waals surface area (Å²) in [5, 5.41) is 8.67. The van der Waals surface area contributed by atoms with Crippen LogP contribution in [0.5, 0.6) is 0 Å². The summed E-state index contributed by atoms with van der Waals surface area (Å²) < 4.78 is 0. The van der Waals surface area contributed by atoms with Gasteiger partial charge in [-0.1, -0.05) is 6.92 Å². The average Bonchev–Trinajstić information content (AvgIpc) is 1.94. The molecule has 0 aromatic rings. The van der Waals surface area contributed by atoms with Crippen LogP contribution in [-0.4, -0.2) is 16.9 Å². The third-order valence-electron chi connectivity index (χ3n) is 2.33. The lowest BCUT2D eigenvalue weighted by Gasteiger charge is -2.23. The van der Waals surface area contributed by atoms with Gasteiger partial charge in [0.25, 0.3) is 0 Å². The van der Waals surface area contributed by atoms with Crippen LogP contribution in [0.2, 0.25) is 0 Å². The summed E-state index contributed by atoms with van der Waals surface area (Å²) >= 11 is 0. The van der Waals surface area contributed by atoms with E-state index < -0.39 is 11.9 Å². The van der Waals surface area contributed by atoms with Crippen molar-refractivity contribution in [2.75, 3.05) is 0 Å². The normalized spacial score (nSPS) is 31.9. The molecule has 3 heteroatoms. The Hall–Kier alpha value is -0.860. The van der Waals surface area contributed by atoms with Crippen LogP contribution in [0.25, 0.3) is 0 Å². The molecule has 1 saturated carbocycles. The predicted molar refractivity (Wildman–Crippen MR) is 39.1 cm³/mol. The third-order valence-corrected chi connectivity index (χ3v) is 2.33. The molecule has 0 bridgehead atoms. The van der Waals surface area contributed by atoms with E-state index in [-0.39, 0.29) is 18.1 Å². The van der Waals surface area contributed by atoms with Crippen LogP contribution in [0.3, 0.4) is 0 Å². The Kier molecular flexibility index (Phi) is 2.27. The topological polar surface area (TPSA) is 54.4 Å². The van der Waals surface area contributed by atoms with Gasteiger partial charge in [-0.15, -0.1) is 0 Å². The van der Waals surface area contributed by atoms with Crippen molar-refractivity contribution in [1.29, 1.82) is 0 Å². The Bertz CT molecular complexity index is 186. The van der Waals surface area contributed by atoms with Crippen LogP contribution in [0.15, 0.2) is 0 Å². The van der Waals surface area contributed by atoms with E-state index in [1.54, 1.807) is 0 Å². The van der Waals surface area contributed by atoms with Crippen molar-refractivity contribution in [3.8, 4) is 0 Å². The lowest BCUT2D eigenvalue weighted by atomic mass is 9.80. The fraction of sp³-hybridized carbons (Fsp3) is 0.750. The Morgan fingerprint density at radius 1 is 1.64 bits per heavy atom. The summed E-state index contributed by atoms with van der Waals surface area (Å²) in [6.07, 6.45) is 1.53. The highest BCUT2D eigenvalue weighted by Crippen LogP contribution is 2.27. The monoisotopic (exact) mass is 156 g/mol. The van der Waals surface area contributed by atoms with E-state index in [4.69, 9.17) is 5.11 Å². The molecule has 0 saturated heterocycles. The smallest absolute Gasteiger partial charge is 0.307 e. The number of carbonyl (C=O) groups is 2. The highest BCUT2D eigenvalue weighted by atomic mass is 16.4. The van der Waals surface area contributed by atoms with Crippen molar-refractivity contribution >= 4 is 11.8 Å². The molecule has 1 aliphatic carbocycles. The predicted octanol–water partition coefficient (Wildman–Crippen LogP) is 1.08. The Morgan fingerprint density at radius 2 is 2.27 bits per heavy atom. The molecule has 1 N–H and O–H groups in total. The van der Waals surface area contributed by atoms with Crippen LogP contribution in [0, 0.1) is 11.8 Å². The minimum atomic E-state index is -0.828. The average molecular weight is 156 g/mol. The van der Waals surface area contributed by atoms with Crippen molar-refractivity contribution in [3.63, 3.8) is 0 Å². The molecule has 1 fully saturated rings. The van der Waals surface area contributed by atoms with Gasteiger partial charge < -0.3 is 5.11 Å². The summed E-state index contributed by atoms with van der Waals surface area (Å²) in [5.74, 6) is -1.01. The van der Waals surface area contributed by atoms with Gasteiger partial charge in [-0.05, 0) is 12.3 Å². The van der Waals surface area contributed by atoms with Gasteiger partial charge in [-0.3, -0.25) is 9.59 Å². The molecule has 1 unspecified atom stereocenters. The lowest BCUT2D eigenvalue weighted by Crippen LogP contribution is -2.29. The van der Waals surface area contributed by atoms with Gasteiger partial charge in [0.2, 0.25) is 0 Å². The van der Waals surface area contributed by atoms with Gasteiger partial charge in [0.15, 0.2) is 0 Å². The number of carboxylic acid groups (broad SMARTS) is 1. The summed E-state index contributed by atoms with van der Waals surface area (Å²) in [5.41, 5.74) is 0. The molecule has 0 aromatic carbocycles. The molecule has 62 valence electrons. The van der Waals surface area contributed by atoms with Gasteiger partial charge in [-0.2, -0.15) is 0 Å². The Balaban J connectivity index is 2.61. The fourth-order valence-electron chi connectivity index (χ4n) is 1.47. The number of hydrogen-bond acceptors (Lipinski definition) is 2. The van der Waals surface area contributed by atoms with E-state index >= 15 is 0 Å². The molecule has 3 nitrogen and oxygen atoms in total. The third kappa shape index (κ3) is 1.79. The van der Waals surface area contributed by atoms with Crippen molar-refractivity contribution < 1.29 is 14.7 Å². The lowest BCUT2D eigenvalue weighted by molar-refractivity contribution is -0.147. The molecule has 0 heterocycles. The molecular weight excluding hydrogens is 144 g/mol. The molecule has 0 aliphatic heterocycles. The Labute approximate surface area is 65.4 Å². The SMILES string of the molecule is CC1CCC(=O)C[C@H]1C(=O)O. The maximum atomic E-state index is 10.9. The number of Topliss-reactive ketones (excluding diaryl/α,β-unsaturated/α-hetero) is 1. The van der Waals surface area contributed by atoms with Gasteiger partial charge >= 0.3 is 5.97 Å². The largest absolute Gasteiger partial charge is 0.481 e. The van der Waals surface area contributed by atoms with E-state index in [0.717, 1.165) is 6.42 Å². The van der Waals surface area contributed by atoms with Gasteiger partial charge in [0.05, 0.1) is 5.92 Å². The maximum Gasteiger partial charge on any atom is 0.307 e. The number of rotatable bonds is 1. The molecule has 2 atom stereocenters. The standard InChI is InChI=1S/C8H12O3/c1-5-2-3-6(9)4-7(5)8(10)11/h5,7H,2-4H2,1H3,(H,10,11)/t5?,7-/m1/s1. The second-order valence-corrected chi connectivity index (χ2v) is 3.20. The van der Waals surface area contributed by atoms with Crippen LogP contribution in [-0.2, 0) is 9.59 Å². The highest BCUT2D eigenvalue weighted by molar-refractivity contribution is 5.85. The zero-order valence-corrected chi connectivity index (χ0v) is 6.54. The first-order valence-corrected chi connectivity index (χ1v) is 3.85. The molecule has 0 radical (unpaired) electrons. The van der Waals surface area contributed by atoms with Crippen molar-refractivity contribution in [2.24, 2.45) is 11.8 Å². The van der Waals surface area contributed by atoms with Crippen molar-refractivity contribution in [2.45, 2.75) is 26.2 Å². The number of carbonyl (C=O) groups excluding carboxylic acids is 1. The van der Waals surface area contributed by atoms with Gasteiger partial charge in [-0.25, -0.2) is 0 Å². The quantitative estimate of drug-likeness (QED) is 0.618. The summed E-state index contributed by atoms with van der Waals surface area (Å²) in [7, 11) is 0.